The van der Waals surface area contributed by atoms with Gasteiger partial charge in [-0.15, -0.1) is 0 Å². The number of hydrogen-bond acceptors (Lipinski definition) is 3. The number of piperidine rings is 1. The first-order valence-corrected chi connectivity index (χ1v) is 9.71. The molecular formula is C21H29FN4O. The Balaban J connectivity index is 1.56. The number of carbonyl (C=O) groups is 1. The number of rotatable bonds is 7. The van der Waals surface area contributed by atoms with Crippen molar-refractivity contribution >= 4 is 5.91 Å². The fourth-order valence-electron chi connectivity index (χ4n) is 3.65. The van der Waals surface area contributed by atoms with Gasteiger partial charge in [0, 0.05) is 50.9 Å². The standard InChI is InChI=1S/C21H29FN4O/c1-24(2)14-15-25-13-11-23-21(25)18-4-3-12-26(16-18)20(27)10-7-17-5-8-19(22)9-6-17/h5-6,8-9,11,13,18H,3-4,7,10,12,14-16H2,1-2H3/t18-/m1/s1. The Hall–Kier alpha value is -2.21. The number of halogens is 1. The second kappa shape index (κ2) is 9.13. The Morgan fingerprint density at radius 3 is 2.81 bits per heavy atom. The van der Waals surface area contributed by atoms with E-state index in [9.17, 15) is 9.18 Å². The quantitative estimate of drug-likeness (QED) is 0.750. The number of nitrogens with zero attached hydrogens (tertiary/aromatic N) is 4. The minimum atomic E-state index is -0.242. The summed E-state index contributed by atoms with van der Waals surface area (Å²) in [6.45, 7) is 3.44. The molecule has 1 amide bonds. The molecule has 1 saturated heterocycles. The van der Waals surface area contributed by atoms with Gasteiger partial charge in [0.1, 0.15) is 11.6 Å². The number of amides is 1. The predicted octanol–water partition coefficient (Wildman–Crippen LogP) is 2.92. The van der Waals surface area contributed by atoms with E-state index in [4.69, 9.17) is 0 Å². The summed E-state index contributed by atoms with van der Waals surface area (Å²) in [4.78, 5) is 21.4. The van der Waals surface area contributed by atoms with Gasteiger partial charge in [-0.05, 0) is 51.1 Å². The summed E-state index contributed by atoms with van der Waals surface area (Å²) in [5, 5.41) is 0. The molecule has 2 heterocycles. The highest BCUT2D eigenvalue weighted by Gasteiger charge is 2.27. The second-order valence-corrected chi connectivity index (χ2v) is 7.59. The number of hydrogen-bond donors (Lipinski definition) is 0. The van der Waals surface area contributed by atoms with Crippen molar-refractivity contribution < 1.29 is 9.18 Å². The van der Waals surface area contributed by atoms with E-state index in [0.29, 0.717) is 18.8 Å². The average molecular weight is 372 g/mol. The minimum absolute atomic E-state index is 0.176. The van der Waals surface area contributed by atoms with Crippen LogP contribution in [-0.4, -0.2) is 59.0 Å². The highest BCUT2D eigenvalue weighted by molar-refractivity contribution is 5.76. The van der Waals surface area contributed by atoms with Gasteiger partial charge < -0.3 is 14.4 Å². The van der Waals surface area contributed by atoms with Crippen molar-refractivity contribution in [1.82, 2.24) is 19.4 Å². The molecule has 1 aliphatic rings. The molecular weight excluding hydrogens is 343 g/mol. The van der Waals surface area contributed by atoms with Crippen LogP contribution in [0.3, 0.4) is 0 Å². The van der Waals surface area contributed by atoms with E-state index >= 15 is 0 Å². The van der Waals surface area contributed by atoms with Gasteiger partial charge in [0.15, 0.2) is 0 Å². The Labute approximate surface area is 160 Å². The average Bonchev–Trinajstić information content (AvgIpc) is 3.14. The zero-order chi connectivity index (χ0) is 19.2. The lowest BCUT2D eigenvalue weighted by Crippen LogP contribution is -2.40. The molecule has 2 aromatic rings. The first kappa shape index (κ1) is 19.5. The number of benzene rings is 1. The molecule has 1 atom stereocenters. The van der Waals surface area contributed by atoms with Crippen LogP contribution < -0.4 is 0 Å². The number of likely N-dealkylation sites (N-methyl/N-ethyl adjacent to an activating group) is 1. The zero-order valence-corrected chi connectivity index (χ0v) is 16.3. The van der Waals surface area contributed by atoms with Crippen LogP contribution in [0, 0.1) is 5.82 Å². The summed E-state index contributed by atoms with van der Waals surface area (Å²) in [7, 11) is 4.14. The Morgan fingerprint density at radius 2 is 2.07 bits per heavy atom. The number of likely N-dealkylation sites (tertiary alicyclic amines) is 1. The van der Waals surface area contributed by atoms with Crippen LogP contribution in [0.25, 0.3) is 0 Å². The van der Waals surface area contributed by atoms with E-state index in [-0.39, 0.29) is 11.7 Å². The largest absolute Gasteiger partial charge is 0.342 e. The highest BCUT2D eigenvalue weighted by atomic mass is 19.1. The summed E-state index contributed by atoms with van der Waals surface area (Å²) >= 11 is 0. The molecule has 0 spiro atoms. The Bertz CT molecular complexity index is 741. The zero-order valence-electron chi connectivity index (χ0n) is 16.3. The molecule has 1 aromatic heterocycles. The van der Waals surface area contributed by atoms with E-state index in [1.54, 1.807) is 12.1 Å². The third-order valence-electron chi connectivity index (χ3n) is 5.22. The van der Waals surface area contributed by atoms with Crippen molar-refractivity contribution in [3.05, 3.63) is 53.9 Å². The fraction of sp³-hybridized carbons (Fsp3) is 0.524. The molecule has 146 valence electrons. The van der Waals surface area contributed by atoms with Gasteiger partial charge >= 0.3 is 0 Å². The first-order chi connectivity index (χ1) is 13.0. The van der Waals surface area contributed by atoms with E-state index in [1.807, 2.05) is 17.3 Å². The van der Waals surface area contributed by atoms with Crippen molar-refractivity contribution in [2.45, 2.75) is 38.1 Å². The van der Waals surface area contributed by atoms with E-state index in [1.165, 1.54) is 12.1 Å². The third-order valence-corrected chi connectivity index (χ3v) is 5.22. The topological polar surface area (TPSA) is 41.4 Å². The molecule has 0 bridgehead atoms. The van der Waals surface area contributed by atoms with Crippen LogP contribution in [0.2, 0.25) is 0 Å². The maximum Gasteiger partial charge on any atom is 0.222 e. The lowest BCUT2D eigenvalue weighted by atomic mass is 9.96. The Morgan fingerprint density at radius 1 is 1.30 bits per heavy atom. The second-order valence-electron chi connectivity index (χ2n) is 7.59. The molecule has 1 aliphatic heterocycles. The number of aromatic nitrogens is 2. The number of imidazole rings is 1. The SMILES string of the molecule is CN(C)CCn1ccnc1[C@@H]1CCCN(C(=O)CCc2ccc(F)cc2)C1. The molecule has 27 heavy (non-hydrogen) atoms. The van der Waals surface area contributed by atoms with Crippen LogP contribution in [0.1, 0.15) is 36.6 Å². The summed E-state index contributed by atoms with van der Waals surface area (Å²) in [5.74, 6) is 1.32. The van der Waals surface area contributed by atoms with Crippen molar-refractivity contribution in [2.24, 2.45) is 0 Å². The molecule has 0 saturated carbocycles. The van der Waals surface area contributed by atoms with Crippen LogP contribution in [0.15, 0.2) is 36.7 Å². The van der Waals surface area contributed by atoms with Gasteiger partial charge in [-0.25, -0.2) is 9.37 Å². The number of aryl methyl sites for hydroxylation is 1. The first-order valence-electron chi connectivity index (χ1n) is 9.71. The number of carbonyl (C=O) groups excluding carboxylic acids is 1. The Kier molecular flexibility index (Phi) is 6.61. The lowest BCUT2D eigenvalue weighted by molar-refractivity contribution is -0.132. The van der Waals surface area contributed by atoms with Crippen LogP contribution in [-0.2, 0) is 17.8 Å². The van der Waals surface area contributed by atoms with Gasteiger partial charge in [-0.1, -0.05) is 12.1 Å². The molecule has 3 rings (SSSR count). The van der Waals surface area contributed by atoms with Gasteiger partial charge in [-0.3, -0.25) is 4.79 Å². The smallest absolute Gasteiger partial charge is 0.222 e. The van der Waals surface area contributed by atoms with E-state index < -0.39 is 0 Å². The van der Waals surface area contributed by atoms with Gasteiger partial charge in [0.2, 0.25) is 5.91 Å². The molecule has 6 heteroatoms. The summed E-state index contributed by atoms with van der Waals surface area (Å²) in [6, 6.07) is 6.40. The fourth-order valence-corrected chi connectivity index (χ4v) is 3.65. The molecule has 0 radical (unpaired) electrons. The van der Waals surface area contributed by atoms with Crippen molar-refractivity contribution in [3.63, 3.8) is 0 Å². The van der Waals surface area contributed by atoms with Crippen LogP contribution >= 0.6 is 0 Å². The van der Waals surface area contributed by atoms with E-state index in [2.05, 4.69) is 28.5 Å². The van der Waals surface area contributed by atoms with Crippen molar-refractivity contribution in [2.75, 3.05) is 33.7 Å². The lowest BCUT2D eigenvalue weighted by Gasteiger charge is -2.33. The molecule has 0 unspecified atom stereocenters. The summed E-state index contributed by atoms with van der Waals surface area (Å²) in [6.07, 6.45) is 7.09. The minimum Gasteiger partial charge on any atom is -0.342 e. The maximum atomic E-state index is 13.0. The third kappa shape index (κ3) is 5.39. The molecule has 5 nitrogen and oxygen atoms in total. The van der Waals surface area contributed by atoms with E-state index in [0.717, 1.165) is 50.4 Å². The predicted molar refractivity (Wildman–Crippen MR) is 104 cm³/mol. The van der Waals surface area contributed by atoms with Gasteiger partial charge in [0.25, 0.3) is 0 Å². The summed E-state index contributed by atoms with van der Waals surface area (Å²) in [5.41, 5.74) is 0.998. The summed E-state index contributed by atoms with van der Waals surface area (Å²) < 4.78 is 15.2. The normalized spacial score (nSPS) is 17.5. The van der Waals surface area contributed by atoms with Crippen LogP contribution in [0.5, 0.6) is 0 Å². The van der Waals surface area contributed by atoms with Crippen molar-refractivity contribution in [1.29, 1.82) is 0 Å². The molecule has 0 aliphatic carbocycles. The molecule has 1 fully saturated rings. The van der Waals surface area contributed by atoms with Crippen LogP contribution in [0.4, 0.5) is 4.39 Å². The molecule has 0 N–H and O–H groups in total. The highest BCUT2D eigenvalue weighted by Crippen LogP contribution is 2.26. The van der Waals surface area contributed by atoms with Crippen molar-refractivity contribution in [3.8, 4) is 0 Å². The van der Waals surface area contributed by atoms with Gasteiger partial charge in [0.05, 0.1) is 0 Å². The maximum absolute atomic E-state index is 13.0. The molecule has 1 aromatic carbocycles. The monoisotopic (exact) mass is 372 g/mol. The van der Waals surface area contributed by atoms with Gasteiger partial charge in [-0.2, -0.15) is 0 Å².